The lowest BCUT2D eigenvalue weighted by molar-refractivity contribution is 0.0705. The molecule has 1 aliphatic heterocycles. The summed E-state index contributed by atoms with van der Waals surface area (Å²) < 4.78 is 11.8. The van der Waals surface area contributed by atoms with Crippen LogP contribution in [0.5, 0.6) is 5.88 Å². The Balaban J connectivity index is 1.55. The van der Waals surface area contributed by atoms with Crippen molar-refractivity contribution in [2.45, 2.75) is 19.4 Å². The van der Waals surface area contributed by atoms with Crippen LogP contribution in [0, 0.1) is 0 Å². The smallest absolute Gasteiger partial charge is 0.277 e. The molecular weight excluding hydrogens is 508 g/mol. The topological polar surface area (TPSA) is 139 Å². The summed E-state index contributed by atoms with van der Waals surface area (Å²) in [4.78, 5) is 39.7. The van der Waals surface area contributed by atoms with E-state index in [1.165, 1.54) is 12.4 Å². The number of thiophene rings is 1. The Morgan fingerprint density at radius 3 is 2.53 bits per heavy atom. The van der Waals surface area contributed by atoms with E-state index in [0.29, 0.717) is 30.9 Å². The quantitative estimate of drug-likeness (QED) is 0.266. The Kier molecular flexibility index (Phi) is 7.06. The zero-order valence-electron chi connectivity index (χ0n) is 21.5. The van der Waals surface area contributed by atoms with Gasteiger partial charge < -0.3 is 19.3 Å². The molecule has 0 radical (unpaired) electrons. The molecule has 4 aromatic heterocycles. The van der Waals surface area contributed by atoms with Crippen molar-refractivity contribution in [3.8, 4) is 17.3 Å². The molecule has 13 heteroatoms. The number of carbonyl (C=O) groups excluding carboxylic acids is 1. The summed E-state index contributed by atoms with van der Waals surface area (Å²) in [6, 6.07) is 5.78. The molecule has 1 aliphatic rings. The number of anilines is 2. The third-order valence-corrected chi connectivity index (χ3v) is 8.04. The molecule has 2 N–H and O–H groups in total. The van der Waals surface area contributed by atoms with Crippen molar-refractivity contribution in [3.63, 3.8) is 0 Å². The van der Waals surface area contributed by atoms with E-state index in [-0.39, 0.29) is 5.56 Å². The monoisotopic (exact) mass is 536 g/mol. The zero-order valence-corrected chi connectivity index (χ0v) is 22.3. The van der Waals surface area contributed by atoms with E-state index in [0.717, 1.165) is 39.6 Å². The van der Waals surface area contributed by atoms with Gasteiger partial charge in [0.1, 0.15) is 0 Å². The molecule has 1 saturated heterocycles. The van der Waals surface area contributed by atoms with Crippen molar-refractivity contribution in [1.29, 1.82) is 0 Å². The minimum atomic E-state index is -0.667. The van der Waals surface area contributed by atoms with E-state index in [1.807, 2.05) is 18.0 Å². The zero-order chi connectivity index (χ0) is 26.9. The normalized spacial score (nSPS) is 14.0. The summed E-state index contributed by atoms with van der Waals surface area (Å²) in [6.07, 6.45) is 4.47. The molecule has 0 aliphatic carbocycles. The summed E-state index contributed by atoms with van der Waals surface area (Å²) in [5, 5.41) is 8.85. The largest absolute Gasteiger partial charge is 0.481 e. The molecule has 0 aromatic carbocycles. The highest BCUT2D eigenvalue weighted by atomic mass is 32.1. The Morgan fingerprint density at radius 1 is 1.16 bits per heavy atom. The Labute approximate surface area is 223 Å². The molecule has 12 nitrogen and oxygen atoms in total. The van der Waals surface area contributed by atoms with Gasteiger partial charge in [0.05, 0.1) is 41.6 Å². The van der Waals surface area contributed by atoms with Crippen LogP contribution in [-0.2, 0) is 10.3 Å². The predicted octanol–water partition coefficient (Wildman–Crippen LogP) is 2.88. The highest BCUT2D eigenvalue weighted by Gasteiger charge is 2.32. The van der Waals surface area contributed by atoms with Gasteiger partial charge >= 0.3 is 0 Å². The fourth-order valence-electron chi connectivity index (χ4n) is 4.06. The second kappa shape index (κ2) is 10.4. The van der Waals surface area contributed by atoms with E-state index in [4.69, 9.17) is 24.6 Å². The van der Waals surface area contributed by atoms with Crippen LogP contribution in [0.1, 0.15) is 29.1 Å². The van der Waals surface area contributed by atoms with Gasteiger partial charge in [0, 0.05) is 55.2 Å². The van der Waals surface area contributed by atoms with E-state index in [9.17, 15) is 4.79 Å². The number of amides is 1. The average molecular weight is 537 g/mol. The number of fused-ring (bicyclic) bond motifs is 1. The van der Waals surface area contributed by atoms with Gasteiger partial charge in [-0.25, -0.2) is 30.4 Å². The first kappa shape index (κ1) is 25.7. The van der Waals surface area contributed by atoms with E-state index >= 15 is 0 Å². The minimum absolute atomic E-state index is 0.162. The first-order chi connectivity index (χ1) is 18.3. The standard InChI is InChI=1S/C25H28N8O4S/c1-25(2,32(3)24-27-13-16(14-28-24)23(34)31-35)18-11-17-20(38-18)22(33-7-9-37-10-8-33)30-21(29-17)15-5-6-19(36-4)26-12-15/h5-6,11-14,35H,7-10H2,1-4H3,(H,31,34). The van der Waals surface area contributed by atoms with Crippen LogP contribution >= 0.6 is 11.3 Å². The van der Waals surface area contributed by atoms with E-state index in [1.54, 1.807) is 36.2 Å². The SMILES string of the molecule is COc1ccc(-c2nc(N3CCOCC3)c3sc(C(C)(C)N(C)c4ncc(C(=O)NO)cn4)cc3n2)cn1. The Bertz CT molecular complexity index is 1440. The number of rotatable bonds is 7. The number of pyridine rings is 1. The lowest BCUT2D eigenvalue weighted by Crippen LogP contribution is -2.39. The van der Waals surface area contributed by atoms with Crippen LogP contribution in [0.3, 0.4) is 0 Å². The molecule has 4 aromatic rings. The molecule has 1 amide bonds. The summed E-state index contributed by atoms with van der Waals surface area (Å²) in [5.41, 5.74) is 2.87. The lowest BCUT2D eigenvalue weighted by atomic mass is 10.0. The molecule has 5 heterocycles. The van der Waals surface area contributed by atoms with Crippen LogP contribution in [0.15, 0.2) is 36.8 Å². The van der Waals surface area contributed by atoms with Crippen molar-refractivity contribution in [2.24, 2.45) is 0 Å². The van der Waals surface area contributed by atoms with Crippen molar-refractivity contribution in [2.75, 3.05) is 50.3 Å². The summed E-state index contributed by atoms with van der Waals surface area (Å²) in [5.74, 6) is 1.75. The van der Waals surface area contributed by atoms with Gasteiger partial charge in [0.25, 0.3) is 5.91 Å². The summed E-state index contributed by atoms with van der Waals surface area (Å²) >= 11 is 1.63. The number of hydrogen-bond acceptors (Lipinski definition) is 12. The Morgan fingerprint density at radius 2 is 1.89 bits per heavy atom. The second-order valence-electron chi connectivity index (χ2n) is 9.22. The fourth-order valence-corrected chi connectivity index (χ4v) is 5.31. The number of hydroxylamine groups is 1. The van der Waals surface area contributed by atoms with Crippen molar-refractivity contribution >= 4 is 39.2 Å². The van der Waals surface area contributed by atoms with Crippen LogP contribution in [-0.4, -0.2) is 76.5 Å². The summed E-state index contributed by atoms with van der Waals surface area (Å²) in [6.45, 7) is 6.91. The number of morpholine rings is 1. The van der Waals surface area contributed by atoms with Crippen molar-refractivity contribution in [3.05, 3.63) is 47.2 Å². The van der Waals surface area contributed by atoms with Crippen molar-refractivity contribution < 1.29 is 19.5 Å². The van der Waals surface area contributed by atoms with Gasteiger partial charge in [-0.2, -0.15) is 0 Å². The molecule has 1 fully saturated rings. The van der Waals surface area contributed by atoms with Gasteiger partial charge in [0.2, 0.25) is 11.8 Å². The van der Waals surface area contributed by atoms with E-state index in [2.05, 4.69) is 39.8 Å². The Hall–Kier alpha value is -3.94. The van der Waals surface area contributed by atoms with E-state index < -0.39 is 11.4 Å². The molecule has 5 rings (SSSR count). The maximum Gasteiger partial charge on any atom is 0.277 e. The number of carbonyl (C=O) groups is 1. The lowest BCUT2D eigenvalue weighted by Gasteiger charge is -2.34. The summed E-state index contributed by atoms with van der Waals surface area (Å²) in [7, 11) is 3.48. The number of nitrogens with zero attached hydrogens (tertiary/aromatic N) is 7. The number of nitrogens with one attached hydrogen (secondary N) is 1. The maximum absolute atomic E-state index is 11.6. The first-order valence-electron chi connectivity index (χ1n) is 12.0. The highest BCUT2D eigenvalue weighted by molar-refractivity contribution is 7.19. The molecule has 0 spiro atoms. The maximum atomic E-state index is 11.6. The van der Waals surface area contributed by atoms with Crippen LogP contribution in [0.25, 0.3) is 21.6 Å². The molecule has 0 saturated carbocycles. The molecule has 0 atom stereocenters. The third-order valence-electron chi connectivity index (χ3n) is 6.61. The van der Waals surface area contributed by atoms with Crippen LogP contribution < -0.4 is 20.0 Å². The van der Waals surface area contributed by atoms with Gasteiger partial charge in [-0.05, 0) is 26.0 Å². The molecular formula is C25H28N8O4S. The molecule has 38 heavy (non-hydrogen) atoms. The second-order valence-corrected chi connectivity index (χ2v) is 10.3. The first-order valence-corrected chi connectivity index (χ1v) is 12.8. The number of ether oxygens (including phenoxy) is 2. The van der Waals surface area contributed by atoms with Gasteiger partial charge in [-0.15, -0.1) is 11.3 Å². The van der Waals surface area contributed by atoms with Gasteiger partial charge in [-0.3, -0.25) is 10.0 Å². The van der Waals surface area contributed by atoms with Crippen LogP contribution in [0.4, 0.5) is 11.8 Å². The van der Waals surface area contributed by atoms with Crippen molar-refractivity contribution in [1.82, 2.24) is 30.4 Å². The molecule has 0 bridgehead atoms. The number of methoxy groups -OCH3 is 1. The van der Waals surface area contributed by atoms with Crippen LogP contribution in [0.2, 0.25) is 0 Å². The number of aromatic nitrogens is 5. The number of hydrogen-bond donors (Lipinski definition) is 2. The molecule has 198 valence electrons. The van der Waals surface area contributed by atoms with Gasteiger partial charge in [0.15, 0.2) is 11.6 Å². The minimum Gasteiger partial charge on any atom is -0.481 e. The molecule has 0 unspecified atom stereocenters. The third kappa shape index (κ3) is 4.83. The fraction of sp³-hybridized carbons (Fsp3) is 0.360. The predicted molar refractivity (Wildman–Crippen MR) is 143 cm³/mol. The van der Waals surface area contributed by atoms with Gasteiger partial charge in [-0.1, -0.05) is 0 Å². The highest BCUT2D eigenvalue weighted by Crippen LogP contribution is 2.41. The average Bonchev–Trinajstić information content (AvgIpc) is 3.42.